The molecule has 21 heavy (non-hydrogen) atoms. The van der Waals surface area contributed by atoms with Gasteiger partial charge in [-0.25, -0.2) is 13.4 Å². The average Bonchev–Trinajstić information content (AvgIpc) is 2.46. The Labute approximate surface area is 130 Å². The highest BCUT2D eigenvalue weighted by molar-refractivity contribution is 7.92. The number of hydrogen-bond donors (Lipinski definition) is 1. The number of pyridine rings is 1. The Morgan fingerprint density at radius 2 is 1.90 bits per heavy atom. The van der Waals surface area contributed by atoms with Gasteiger partial charge in [0.25, 0.3) is 10.0 Å². The van der Waals surface area contributed by atoms with E-state index in [2.05, 4.69) is 23.6 Å². The second-order valence-corrected chi connectivity index (χ2v) is 6.96. The van der Waals surface area contributed by atoms with Crippen molar-refractivity contribution in [3.05, 3.63) is 53.2 Å². The summed E-state index contributed by atoms with van der Waals surface area (Å²) in [6.07, 6.45) is 2.46. The Bertz CT molecular complexity index is 715. The van der Waals surface area contributed by atoms with E-state index in [0.717, 1.165) is 12.0 Å². The molecule has 0 spiro atoms. The molecule has 0 radical (unpaired) electrons. The topological polar surface area (TPSA) is 59.1 Å². The summed E-state index contributed by atoms with van der Waals surface area (Å²) < 4.78 is 27.0. The number of nitrogens with one attached hydrogen (secondary N) is 1. The zero-order valence-corrected chi connectivity index (χ0v) is 13.4. The van der Waals surface area contributed by atoms with Gasteiger partial charge in [0.05, 0.1) is 4.90 Å². The number of rotatable bonds is 5. The van der Waals surface area contributed by atoms with Gasteiger partial charge in [0.15, 0.2) is 0 Å². The molecule has 2 rings (SSSR count). The van der Waals surface area contributed by atoms with E-state index in [1.807, 2.05) is 12.1 Å². The van der Waals surface area contributed by atoms with Gasteiger partial charge in [-0.05, 0) is 36.1 Å². The lowest BCUT2D eigenvalue weighted by atomic mass is 9.99. The number of aromatic nitrogens is 1. The van der Waals surface area contributed by atoms with Gasteiger partial charge in [-0.1, -0.05) is 37.6 Å². The van der Waals surface area contributed by atoms with Crippen LogP contribution in [0.2, 0.25) is 5.02 Å². The van der Waals surface area contributed by atoms with E-state index >= 15 is 0 Å². The van der Waals surface area contributed by atoms with Crippen LogP contribution < -0.4 is 4.72 Å². The second-order valence-electron chi connectivity index (χ2n) is 4.84. The molecular formula is C15H17ClN2O2S. The first-order chi connectivity index (χ1) is 9.92. The number of hydrogen-bond acceptors (Lipinski definition) is 3. The van der Waals surface area contributed by atoms with Gasteiger partial charge in [0, 0.05) is 17.3 Å². The second kappa shape index (κ2) is 6.45. The average molecular weight is 325 g/mol. The predicted octanol–water partition coefficient (Wildman–Crippen LogP) is 4.05. The zero-order valence-electron chi connectivity index (χ0n) is 11.9. The van der Waals surface area contributed by atoms with E-state index in [1.165, 1.54) is 12.3 Å². The van der Waals surface area contributed by atoms with Crippen LogP contribution in [-0.2, 0) is 10.0 Å². The number of anilines is 1. The molecule has 0 fully saturated rings. The number of nitrogens with zero attached hydrogens (tertiary/aromatic N) is 1. The van der Waals surface area contributed by atoms with Crippen molar-refractivity contribution >= 4 is 27.4 Å². The number of benzene rings is 1. The van der Waals surface area contributed by atoms with E-state index in [4.69, 9.17) is 11.6 Å². The predicted molar refractivity (Wildman–Crippen MR) is 85.2 cm³/mol. The van der Waals surface area contributed by atoms with Crippen molar-refractivity contribution in [1.82, 2.24) is 4.98 Å². The van der Waals surface area contributed by atoms with Gasteiger partial charge in [0.2, 0.25) is 0 Å². The Morgan fingerprint density at radius 3 is 2.48 bits per heavy atom. The van der Waals surface area contributed by atoms with Crippen LogP contribution >= 0.6 is 11.6 Å². The van der Waals surface area contributed by atoms with Crippen LogP contribution in [0.1, 0.15) is 31.7 Å². The van der Waals surface area contributed by atoms with E-state index < -0.39 is 10.0 Å². The van der Waals surface area contributed by atoms with Crippen molar-refractivity contribution in [3.63, 3.8) is 0 Å². The molecule has 4 nitrogen and oxygen atoms in total. The van der Waals surface area contributed by atoms with Gasteiger partial charge >= 0.3 is 0 Å². The molecule has 112 valence electrons. The molecule has 2 aromatic rings. The molecule has 1 atom stereocenters. The largest absolute Gasteiger partial charge is 0.263 e. The SMILES string of the molecule is CCC(C)c1ccc(S(=O)(=O)Nc2cc(Cl)ccn2)cc1. The van der Waals surface area contributed by atoms with Crippen molar-refractivity contribution < 1.29 is 8.42 Å². The van der Waals surface area contributed by atoms with Crippen LogP contribution in [0.4, 0.5) is 5.82 Å². The minimum Gasteiger partial charge on any atom is -0.263 e. The minimum absolute atomic E-state index is 0.202. The summed E-state index contributed by atoms with van der Waals surface area (Å²) in [6, 6.07) is 9.94. The molecule has 0 saturated carbocycles. The molecule has 0 aliphatic rings. The molecule has 1 N–H and O–H groups in total. The first-order valence-electron chi connectivity index (χ1n) is 6.66. The Kier molecular flexibility index (Phi) is 4.85. The fraction of sp³-hybridized carbons (Fsp3) is 0.267. The lowest BCUT2D eigenvalue weighted by Gasteiger charge is -2.11. The van der Waals surface area contributed by atoms with Gasteiger partial charge in [-0.3, -0.25) is 4.72 Å². The maximum absolute atomic E-state index is 12.3. The first-order valence-corrected chi connectivity index (χ1v) is 8.53. The van der Waals surface area contributed by atoms with Crippen molar-refractivity contribution in [2.75, 3.05) is 4.72 Å². The molecular weight excluding hydrogens is 308 g/mol. The monoisotopic (exact) mass is 324 g/mol. The molecule has 0 bridgehead atoms. The highest BCUT2D eigenvalue weighted by Crippen LogP contribution is 2.22. The van der Waals surface area contributed by atoms with Gasteiger partial charge in [0.1, 0.15) is 5.82 Å². The maximum Gasteiger partial charge on any atom is 0.263 e. The van der Waals surface area contributed by atoms with Crippen molar-refractivity contribution in [2.24, 2.45) is 0 Å². The third-order valence-corrected chi connectivity index (χ3v) is 4.94. The minimum atomic E-state index is -3.65. The zero-order chi connectivity index (χ0) is 15.5. The van der Waals surface area contributed by atoms with Crippen LogP contribution in [0.5, 0.6) is 0 Å². The maximum atomic E-state index is 12.3. The Balaban J connectivity index is 2.23. The molecule has 0 saturated heterocycles. The molecule has 0 aliphatic carbocycles. The third kappa shape index (κ3) is 3.95. The molecule has 1 heterocycles. The smallest absolute Gasteiger partial charge is 0.263 e. The lowest BCUT2D eigenvalue weighted by Crippen LogP contribution is -2.13. The van der Waals surface area contributed by atoms with Gasteiger partial charge in [-0.15, -0.1) is 0 Å². The van der Waals surface area contributed by atoms with Crippen molar-refractivity contribution in [1.29, 1.82) is 0 Å². The summed E-state index contributed by atoms with van der Waals surface area (Å²) in [5.74, 6) is 0.609. The third-order valence-electron chi connectivity index (χ3n) is 3.33. The standard InChI is InChI=1S/C15H17ClN2O2S/c1-3-11(2)12-4-6-14(7-5-12)21(19,20)18-15-10-13(16)8-9-17-15/h4-11H,3H2,1-2H3,(H,17,18). The van der Waals surface area contributed by atoms with Crippen LogP contribution in [0, 0.1) is 0 Å². The Morgan fingerprint density at radius 1 is 1.24 bits per heavy atom. The highest BCUT2D eigenvalue weighted by Gasteiger charge is 2.15. The molecule has 0 amide bonds. The summed E-state index contributed by atoms with van der Waals surface area (Å²) in [4.78, 5) is 4.14. The summed E-state index contributed by atoms with van der Waals surface area (Å²) >= 11 is 5.82. The number of sulfonamides is 1. The van der Waals surface area contributed by atoms with Crippen molar-refractivity contribution in [2.45, 2.75) is 31.1 Å². The molecule has 1 aromatic heterocycles. The van der Waals surface area contributed by atoms with Crippen molar-refractivity contribution in [3.8, 4) is 0 Å². The Hall–Kier alpha value is -1.59. The van der Waals surface area contributed by atoms with Crippen LogP contribution in [0.3, 0.4) is 0 Å². The van der Waals surface area contributed by atoms with Gasteiger partial charge in [-0.2, -0.15) is 0 Å². The van der Waals surface area contributed by atoms with Crippen LogP contribution in [0.15, 0.2) is 47.5 Å². The fourth-order valence-corrected chi connectivity index (χ4v) is 3.03. The normalized spacial score (nSPS) is 12.9. The lowest BCUT2D eigenvalue weighted by molar-refractivity contribution is 0.601. The summed E-state index contributed by atoms with van der Waals surface area (Å²) in [7, 11) is -3.65. The van der Waals surface area contributed by atoms with E-state index in [-0.39, 0.29) is 10.7 Å². The molecule has 1 unspecified atom stereocenters. The van der Waals surface area contributed by atoms with Crippen LogP contribution in [-0.4, -0.2) is 13.4 Å². The highest BCUT2D eigenvalue weighted by atomic mass is 35.5. The van der Waals surface area contributed by atoms with E-state index in [9.17, 15) is 8.42 Å². The quantitative estimate of drug-likeness (QED) is 0.902. The van der Waals surface area contributed by atoms with Gasteiger partial charge < -0.3 is 0 Å². The summed E-state index contributed by atoms with van der Waals surface area (Å²) in [5, 5.41) is 0.426. The molecule has 0 aliphatic heterocycles. The first kappa shape index (κ1) is 15.8. The van der Waals surface area contributed by atoms with Crippen LogP contribution in [0.25, 0.3) is 0 Å². The number of halogens is 1. The van der Waals surface area contributed by atoms with E-state index in [0.29, 0.717) is 10.9 Å². The summed E-state index contributed by atoms with van der Waals surface area (Å²) in [6.45, 7) is 4.21. The van der Waals surface area contributed by atoms with E-state index in [1.54, 1.807) is 18.2 Å². The summed E-state index contributed by atoms with van der Waals surface area (Å²) in [5.41, 5.74) is 1.12. The fourth-order valence-electron chi connectivity index (χ4n) is 1.87. The molecule has 6 heteroatoms. The molecule has 1 aromatic carbocycles.